The third-order valence-corrected chi connectivity index (χ3v) is 3.07. The average molecular weight is 300 g/mol. The molecule has 1 atom stereocenters. The van der Waals surface area contributed by atoms with Gasteiger partial charge in [-0.05, 0) is 37.0 Å². The molecule has 3 heteroatoms. The van der Waals surface area contributed by atoms with Gasteiger partial charge >= 0.3 is 0 Å². The second-order valence-electron chi connectivity index (χ2n) is 5.63. The van der Waals surface area contributed by atoms with Gasteiger partial charge in [0.25, 0.3) is 0 Å². The van der Waals surface area contributed by atoms with Crippen LogP contribution in [0.5, 0.6) is 5.75 Å². The zero-order chi connectivity index (χ0) is 13.1. The Morgan fingerprint density at radius 3 is 2.53 bits per heavy atom. The van der Waals surface area contributed by atoms with Gasteiger partial charge in [-0.15, -0.1) is 0 Å². The van der Waals surface area contributed by atoms with Crippen molar-refractivity contribution in [1.29, 1.82) is 0 Å². The fraction of sp³-hybridized carbons (Fsp3) is 0.571. The fourth-order valence-electron chi connectivity index (χ4n) is 1.47. The molecule has 96 valence electrons. The molecule has 0 saturated heterocycles. The minimum Gasteiger partial charge on any atom is -0.493 e. The Kier molecular flexibility index (Phi) is 5.02. The van der Waals surface area contributed by atoms with E-state index in [1.165, 1.54) is 0 Å². The molecule has 1 rings (SSSR count). The van der Waals surface area contributed by atoms with Gasteiger partial charge in [-0.3, -0.25) is 0 Å². The molecule has 0 spiro atoms. The average Bonchev–Trinajstić information content (AvgIpc) is 2.18. The number of rotatable bonds is 4. The smallest absolute Gasteiger partial charge is 0.124 e. The van der Waals surface area contributed by atoms with Gasteiger partial charge in [0.1, 0.15) is 5.75 Å². The van der Waals surface area contributed by atoms with E-state index in [9.17, 15) is 0 Å². The molecular formula is C14H22BrNO. The van der Waals surface area contributed by atoms with E-state index in [0.717, 1.165) is 28.8 Å². The monoisotopic (exact) mass is 299 g/mol. The number of halogens is 1. The molecule has 0 aliphatic carbocycles. The van der Waals surface area contributed by atoms with Gasteiger partial charge < -0.3 is 10.5 Å². The molecule has 0 radical (unpaired) electrons. The van der Waals surface area contributed by atoms with Crippen molar-refractivity contribution in [3.8, 4) is 5.75 Å². The summed E-state index contributed by atoms with van der Waals surface area (Å²) in [5.74, 6) is 0.896. The fourth-order valence-corrected chi connectivity index (χ4v) is 1.85. The summed E-state index contributed by atoms with van der Waals surface area (Å²) in [5.41, 5.74) is 7.28. The first kappa shape index (κ1) is 14.5. The zero-order valence-corrected chi connectivity index (χ0v) is 12.7. The van der Waals surface area contributed by atoms with Crippen LogP contribution in [0.1, 0.15) is 45.7 Å². The highest BCUT2D eigenvalue weighted by Crippen LogP contribution is 2.28. The van der Waals surface area contributed by atoms with Gasteiger partial charge in [0.05, 0.1) is 6.61 Å². The molecule has 0 bridgehead atoms. The van der Waals surface area contributed by atoms with Crippen molar-refractivity contribution in [2.75, 3.05) is 6.61 Å². The Morgan fingerprint density at radius 2 is 2.00 bits per heavy atom. The van der Waals surface area contributed by atoms with Crippen molar-refractivity contribution < 1.29 is 4.74 Å². The minimum atomic E-state index is -0.0165. The van der Waals surface area contributed by atoms with Crippen LogP contribution in [0.3, 0.4) is 0 Å². The van der Waals surface area contributed by atoms with Gasteiger partial charge in [0.15, 0.2) is 0 Å². The second kappa shape index (κ2) is 5.87. The third-order valence-electron chi connectivity index (χ3n) is 2.57. The standard InChI is InChI=1S/C14H22BrNO/c1-10(16)12-9-11(15)5-6-13(12)17-8-7-14(2,3)4/h5-6,9-10H,7-8,16H2,1-4H3/t10-/m1/s1. The Morgan fingerprint density at radius 1 is 1.35 bits per heavy atom. The molecule has 2 nitrogen and oxygen atoms in total. The van der Waals surface area contributed by atoms with Crippen LogP contribution in [0.15, 0.2) is 22.7 Å². The van der Waals surface area contributed by atoms with E-state index in [-0.39, 0.29) is 6.04 Å². The predicted octanol–water partition coefficient (Wildman–Crippen LogP) is 4.28. The highest BCUT2D eigenvalue weighted by Gasteiger charge is 2.12. The first-order valence-corrected chi connectivity index (χ1v) is 6.77. The lowest BCUT2D eigenvalue weighted by atomic mass is 9.93. The van der Waals surface area contributed by atoms with Crippen LogP contribution in [0.2, 0.25) is 0 Å². The lowest BCUT2D eigenvalue weighted by molar-refractivity contribution is 0.240. The Labute approximate surface area is 113 Å². The second-order valence-corrected chi connectivity index (χ2v) is 6.55. The van der Waals surface area contributed by atoms with Crippen LogP contribution in [0.25, 0.3) is 0 Å². The van der Waals surface area contributed by atoms with Crippen molar-refractivity contribution >= 4 is 15.9 Å². The minimum absolute atomic E-state index is 0.0165. The van der Waals surface area contributed by atoms with Crippen molar-refractivity contribution in [2.24, 2.45) is 11.1 Å². The molecule has 0 aromatic heterocycles. The Hall–Kier alpha value is -0.540. The van der Waals surface area contributed by atoms with E-state index < -0.39 is 0 Å². The lowest BCUT2D eigenvalue weighted by Crippen LogP contribution is -2.13. The predicted molar refractivity (Wildman–Crippen MR) is 76.3 cm³/mol. The van der Waals surface area contributed by atoms with E-state index in [1.54, 1.807) is 0 Å². The molecule has 0 aliphatic heterocycles. The van der Waals surface area contributed by atoms with Crippen LogP contribution >= 0.6 is 15.9 Å². The van der Waals surface area contributed by atoms with E-state index >= 15 is 0 Å². The molecule has 0 amide bonds. The van der Waals surface area contributed by atoms with Crippen LogP contribution in [0, 0.1) is 5.41 Å². The van der Waals surface area contributed by atoms with Crippen molar-refractivity contribution in [3.63, 3.8) is 0 Å². The topological polar surface area (TPSA) is 35.2 Å². The highest BCUT2D eigenvalue weighted by molar-refractivity contribution is 9.10. The number of nitrogens with two attached hydrogens (primary N) is 1. The number of hydrogen-bond acceptors (Lipinski definition) is 2. The van der Waals surface area contributed by atoms with Crippen LogP contribution in [-0.2, 0) is 0 Å². The van der Waals surface area contributed by atoms with Gasteiger partial charge in [-0.25, -0.2) is 0 Å². The van der Waals surface area contributed by atoms with Gasteiger partial charge in [-0.1, -0.05) is 36.7 Å². The Bertz CT molecular complexity index is 369. The van der Waals surface area contributed by atoms with Gasteiger partial charge in [0.2, 0.25) is 0 Å². The summed E-state index contributed by atoms with van der Waals surface area (Å²) in [6, 6.07) is 5.97. The lowest BCUT2D eigenvalue weighted by Gasteiger charge is -2.20. The third kappa shape index (κ3) is 5.09. The normalized spacial score (nSPS) is 13.5. The summed E-state index contributed by atoms with van der Waals surface area (Å²) in [4.78, 5) is 0. The molecule has 17 heavy (non-hydrogen) atoms. The van der Waals surface area contributed by atoms with E-state index in [4.69, 9.17) is 10.5 Å². The van der Waals surface area contributed by atoms with Crippen molar-refractivity contribution in [1.82, 2.24) is 0 Å². The van der Waals surface area contributed by atoms with Gasteiger partial charge in [-0.2, -0.15) is 0 Å². The zero-order valence-electron chi connectivity index (χ0n) is 11.1. The summed E-state index contributed by atoms with van der Waals surface area (Å²) in [5, 5.41) is 0. The summed E-state index contributed by atoms with van der Waals surface area (Å²) in [7, 11) is 0. The molecule has 1 aromatic carbocycles. The molecule has 1 aromatic rings. The number of benzene rings is 1. The highest BCUT2D eigenvalue weighted by atomic mass is 79.9. The first-order valence-electron chi connectivity index (χ1n) is 5.97. The molecule has 0 fully saturated rings. The van der Waals surface area contributed by atoms with Crippen LogP contribution in [0.4, 0.5) is 0 Å². The molecular weight excluding hydrogens is 278 g/mol. The van der Waals surface area contributed by atoms with Crippen LogP contribution < -0.4 is 10.5 Å². The molecule has 0 heterocycles. The molecule has 2 N–H and O–H groups in total. The summed E-state index contributed by atoms with van der Waals surface area (Å²) in [6.07, 6.45) is 1.03. The number of ether oxygens (including phenoxy) is 1. The quantitative estimate of drug-likeness (QED) is 0.900. The first-order chi connectivity index (χ1) is 7.79. The van der Waals surface area contributed by atoms with Crippen molar-refractivity contribution in [2.45, 2.75) is 40.2 Å². The molecule has 0 saturated carbocycles. The summed E-state index contributed by atoms with van der Waals surface area (Å²) in [6.45, 7) is 9.34. The van der Waals surface area contributed by atoms with Gasteiger partial charge in [0, 0.05) is 16.1 Å². The SMILES string of the molecule is C[C@@H](N)c1cc(Br)ccc1OCCC(C)(C)C. The maximum absolute atomic E-state index is 5.94. The maximum atomic E-state index is 5.94. The largest absolute Gasteiger partial charge is 0.493 e. The molecule has 0 unspecified atom stereocenters. The number of hydrogen-bond donors (Lipinski definition) is 1. The van der Waals surface area contributed by atoms with Crippen molar-refractivity contribution in [3.05, 3.63) is 28.2 Å². The maximum Gasteiger partial charge on any atom is 0.124 e. The van der Waals surface area contributed by atoms with E-state index in [1.807, 2.05) is 25.1 Å². The summed E-state index contributed by atoms with van der Waals surface area (Å²) < 4.78 is 6.86. The molecule has 0 aliphatic rings. The Balaban J connectivity index is 2.70. The summed E-state index contributed by atoms with van der Waals surface area (Å²) >= 11 is 3.45. The van der Waals surface area contributed by atoms with E-state index in [2.05, 4.69) is 36.7 Å². The van der Waals surface area contributed by atoms with Crippen LogP contribution in [-0.4, -0.2) is 6.61 Å². The van der Waals surface area contributed by atoms with E-state index in [0.29, 0.717) is 5.41 Å².